The van der Waals surface area contributed by atoms with Gasteiger partial charge < -0.3 is 19.9 Å². The molecule has 1 saturated heterocycles. The summed E-state index contributed by atoms with van der Waals surface area (Å²) in [6.07, 6.45) is 2.04. The second-order valence-corrected chi connectivity index (χ2v) is 10.7. The predicted octanol–water partition coefficient (Wildman–Crippen LogP) is 5.02. The van der Waals surface area contributed by atoms with Crippen molar-refractivity contribution in [2.75, 3.05) is 45.7 Å². The largest absolute Gasteiger partial charge is 0.476 e. The highest BCUT2D eigenvalue weighted by molar-refractivity contribution is 5.58. The van der Waals surface area contributed by atoms with Crippen LogP contribution in [0.25, 0.3) is 5.82 Å². The van der Waals surface area contributed by atoms with Gasteiger partial charge in [0.05, 0.1) is 0 Å². The number of ether oxygens (including phenoxy) is 1. The number of pyridine rings is 1. The number of likely N-dealkylation sites (N-methyl/N-ethyl adjacent to an activating group) is 1. The van der Waals surface area contributed by atoms with E-state index in [1.54, 1.807) is 12.1 Å². The normalized spacial score (nSPS) is 18.3. The van der Waals surface area contributed by atoms with Gasteiger partial charge in [-0.1, -0.05) is 6.07 Å². The van der Waals surface area contributed by atoms with E-state index in [1.165, 1.54) is 37.1 Å². The molecule has 1 aliphatic heterocycles. The zero-order valence-corrected chi connectivity index (χ0v) is 22.8. The van der Waals surface area contributed by atoms with Crippen molar-refractivity contribution in [1.29, 1.82) is 0 Å². The summed E-state index contributed by atoms with van der Waals surface area (Å²) >= 11 is 0. The Labute approximate surface area is 227 Å². The lowest BCUT2D eigenvalue weighted by molar-refractivity contribution is -0.144. The molecule has 0 amide bonds. The minimum absolute atomic E-state index is 0.0526. The van der Waals surface area contributed by atoms with Crippen LogP contribution in [-0.4, -0.2) is 75.9 Å². The highest BCUT2D eigenvalue weighted by atomic mass is 19.4. The Morgan fingerprint density at radius 1 is 1.03 bits per heavy atom. The third kappa shape index (κ3) is 6.70. The summed E-state index contributed by atoms with van der Waals surface area (Å²) < 4.78 is 47.8. The number of benzene rings is 1. The average molecular weight is 544 g/mol. The van der Waals surface area contributed by atoms with Gasteiger partial charge in [0.1, 0.15) is 6.61 Å². The first-order valence-corrected chi connectivity index (χ1v) is 13.6. The summed E-state index contributed by atoms with van der Waals surface area (Å²) in [7, 11) is 3.86. The van der Waals surface area contributed by atoms with Gasteiger partial charge in [0.2, 0.25) is 11.8 Å². The van der Waals surface area contributed by atoms with Gasteiger partial charge in [0.15, 0.2) is 5.82 Å². The Morgan fingerprint density at radius 2 is 1.77 bits per heavy atom. The lowest BCUT2D eigenvalue weighted by atomic mass is 10.0. The van der Waals surface area contributed by atoms with Gasteiger partial charge in [-0.3, -0.25) is 0 Å². The second kappa shape index (κ2) is 11.5. The number of alkyl halides is 3. The van der Waals surface area contributed by atoms with Crippen molar-refractivity contribution < 1.29 is 17.9 Å². The van der Waals surface area contributed by atoms with E-state index in [0.717, 1.165) is 35.9 Å². The van der Waals surface area contributed by atoms with Crippen LogP contribution in [0.2, 0.25) is 0 Å². The third-order valence-corrected chi connectivity index (χ3v) is 7.41. The summed E-state index contributed by atoms with van der Waals surface area (Å²) in [4.78, 5) is 12.8. The molecule has 0 bridgehead atoms. The van der Waals surface area contributed by atoms with E-state index < -0.39 is 12.0 Å². The number of anilines is 2. The molecular weight excluding hydrogens is 507 g/mol. The summed E-state index contributed by atoms with van der Waals surface area (Å²) in [6.45, 7) is 5.27. The Bertz CT molecular complexity index is 1280. The highest BCUT2D eigenvalue weighted by Crippen LogP contribution is 2.32. The first-order valence-electron chi connectivity index (χ1n) is 13.6. The topological polar surface area (TPSA) is 71.3 Å². The van der Waals surface area contributed by atoms with Gasteiger partial charge in [-0.05, 0) is 108 Å². The van der Waals surface area contributed by atoms with Crippen LogP contribution in [-0.2, 0) is 19.0 Å². The molecule has 1 aliphatic carbocycles. The molecule has 39 heavy (non-hydrogen) atoms. The van der Waals surface area contributed by atoms with Crippen LogP contribution < -0.4 is 10.1 Å². The van der Waals surface area contributed by atoms with Crippen molar-refractivity contribution in [3.8, 4) is 11.7 Å². The van der Waals surface area contributed by atoms with Crippen LogP contribution in [0.5, 0.6) is 5.88 Å². The highest BCUT2D eigenvalue weighted by Gasteiger charge is 2.37. The lowest BCUT2D eigenvalue weighted by Gasteiger charge is -2.25. The second-order valence-electron chi connectivity index (χ2n) is 10.7. The fourth-order valence-corrected chi connectivity index (χ4v) is 5.38. The van der Waals surface area contributed by atoms with Crippen LogP contribution >= 0.6 is 0 Å². The quantitative estimate of drug-likeness (QED) is 0.400. The molecule has 0 radical (unpaired) electrons. The molecule has 1 unspecified atom stereocenters. The predicted molar refractivity (Wildman–Crippen MR) is 144 cm³/mol. The maximum atomic E-state index is 13.7. The van der Waals surface area contributed by atoms with E-state index in [0.29, 0.717) is 30.8 Å². The maximum absolute atomic E-state index is 13.7. The summed E-state index contributed by atoms with van der Waals surface area (Å²) in [5.41, 5.74) is 3.99. The van der Waals surface area contributed by atoms with Crippen molar-refractivity contribution >= 4 is 11.6 Å². The van der Waals surface area contributed by atoms with Crippen LogP contribution in [0.1, 0.15) is 48.2 Å². The number of rotatable bonds is 8. The molecule has 1 N–H and O–H groups in total. The van der Waals surface area contributed by atoms with E-state index in [1.807, 2.05) is 38.1 Å². The van der Waals surface area contributed by atoms with Gasteiger partial charge in [-0.15, -0.1) is 5.10 Å². The first kappa shape index (κ1) is 27.4. The molecule has 2 aromatic heterocycles. The maximum Gasteiger partial charge on any atom is 0.453 e. The Kier molecular flexibility index (Phi) is 8.08. The van der Waals surface area contributed by atoms with Gasteiger partial charge in [0, 0.05) is 24.3 Å². The number of likely N-dealkylation sites (tertiary alicyclic amines) is 1. The van der Waals surface area contributed by atoms with Gasteiger partial charge >= 0.3 is 6.18 Å². The van der Waals surface area contributed by atoms with E-state index in [-0.39, 0.29) is 11.8 Å². The van der Waals surface area contributed by atoms with E-state index in [4.69, 9.17) is 4.74 Å². The van der Waals surface area contributed by atoms with Gasteiger partial charge in [-0.25, -0.2) is 0 Å². The Morgan fingerprint density at radius 3 is 2.49 bits per heavy atom. The average Bonchev–Trinajstić information content (AvgIpc) is 3.51. The number of nitrogens with one attached hydrogen (secondary N) is 1. The molecule has 3 aromatic rings. The minimum atomic E-state index is -4.70. The van der Waals surface area contributed by atoms with E-state index in [9.17, 15) is 13.2 Å². The number of hydrogen-bond acceptors (Lipinski definition) is 7. The molecule has 1 atom stereocenters. The molecule has 210 valence electrons. The van der Waals surface area contributed by atoms with Crippen molar-refractivity contribution in [3.63, 3.8) is 0 Å². The molecule has 11 heteroatoms. The number of aromatic nitrogens is 4. The number of nitrogens with zero attached hydrogens (tertiary/aromatic N) is 6. The minimum Gasteiger partial charge on any atom is -0.476 e. The van der Waals surface area contributed by atoms with Crippen molar-refractivity contribution in [2.45, 2.75) is 57.7 Å². The zero-order chi connectivity index (χ0) is 27.6. The monoisotopic (exact) mass is 543 g/mol. The van der Waals surface area contributed by atoms with Crippen LogP contribution in [0.3, 0.4) is 0 Å². The summed E-state index contributed by atoms with van der Waals surface area (Å²) in [5, 5.41) is 6.87. The van der Waals surface area contributed by atoms with Crippen molar-refractivity contribution in [2.24, 2.45) is 0 Å². The van der Waals surface area contributed by atoms with Crippen molar-refractivity contribution in [1.82, 2.24) is 29.5 Å². The standard InChI is InChI=1S/C28H36F3N7O/c1-19-16-24(33-25(17-19)39-15-14-36(2)3)38-27(34-26(35-38)28(29,30)31)32-22-9-6-20-7-10-23(11-8-21(20)18-22)37-12-4-5-13-37/h6,9,16-18,23H,4-5,7-8,10-15H2,1-3H3,(H,32,34,35). The summed E-state index contributed by atoms with van der Waals surface area (Å²) in [5.74, 6) is -0.766. The van der Waals surface area contributed by atoms with Crippen molar-refractivity contribution in [3.05, 3.63) is 52.8 Å². The van der Waals surface area contributed by atoms with Crippen LogP contribution in [0.15, 0.2) is 30.3 Å². The molecule has 0 saturated carbocycles. The molecular formula is C28H36F3N7O. The van der Waals surface area contributed by atoms with Gasteiger partial charge in [-0.2, -0.15) is 27.8 Å². The number of hydrogen-bond donors (Lipinski definition) is 1. The Balaban J connectivity index is 1.40. The zero-order valence-electron chi connectivity index (χ0n) is 22.8. The van der Waals surface area contributed by atoms with Gasteiger partial charge in [0.25, 0.3) is 5.82 Å². The molecule has 2 aliphatic rings. The first-order chi connectivity index (χ1) is 18.7. The SMILES string of the molecule is Cc1cc(OCCN(C)C)nc(-n2nc(C(F)(F)F)nc2Nc2ccc3c(c2)CCC(N2CCCC2)CC3)c1. The van der Waals surface area contributed by atoms with E-state index in [2.05, 4.69) is 31.3 Å². The fourth-order valence-electron chi connectivity index (χ4n) is 5.38. The Hall–Kier alpha value is -3.18. The molecule has 1 aromatic carbocycles. The molecule has 0 spiro atoms. The fraction of sp³-hybridized carbons (Fsp3) is 0.536. The third-order valence-electron chi connectivity index (χ3n) is 7.41. The molecule has 5 rings (SSSR count). The molecule has 8 nitrogen and oxygen atoms in total. The van der Waals surface area contributed by atoms with Crippen LogP contribution in [0, 0.1) is 6.92 Å². The number of aryl methyl sites for hydroxylation is 3. The van der Waals surface area contributed by atoms with Crippen LogP contribution in [0.4, 0.5) is 24.8 Å². The molecule has 1 fully saturated rings. The van der Waals surface area contributed by atoms with E-state index >= 15 is 0 Å². The summed E-state index contributed by atoms with van der Waals surface area (Å²) in [6, 6.07) is 10.0. The number of fused-ring (bicyclic) bond motifs is 1. The number of halogens is 3. The smallest absolute Gasteiger partial charge is 0.453 e. The lowest BCUT2D eigenvalue weighted by Crippen LogP contribution is -2.32. The molecule has 3 heterocycles.